The monoisotopic (exact) mass is 1020 g/mol. The van der Waals surface area contributed by atoms with Crippen molar-refractivity contribution in [2.45, 2.75) is 346 Å². The van der Waals surface area contributed by atoms with Gasteiger partial charge in [0.1, 0.15) is 0 Å². The molecular weight excluding hydrogens is 871 g/mol. The third kappa shape index (κ3) is 45.0. The Hall–Kier alpha value is -0.120. The Morgan fingerprint density at radius 2 is 0.389 bits per heavy atom. The fraction of sp³-hybridized carbons (Fsp3) is 1.00. The number of rotatable bonds is 14. The summed E-state index contributed by atoms with van der Waals surface area (Å²) in [5.41, 5.74) is 0. The van der Waals surface area contributed by atoms with Gasteiger partial charge in [0.05, 0.1) is 0 Å². The predicted molar refractivity (Wildman–Crippen MR) is 341 cm³/mol. The molecule has 0 N–H and O–H groups in total. The van der Waals surface area contributed by atoms with Crippen molar-refractivity contribution >= 4 is 0 Å². The molecule has 1 unspecified atom stereocenters. The molecule has 3 nitrogen and oxygen atoms in total. The van der Waals surface area contributed by atoms with Gasteiger partial charge in [0.15, 0.2) is 0 Å². The van der Waals surface area contributed by atoms with E-state index in [1.165, 1.54) is 206 Å². The summed E-state index contributed by atoms with van der Waals surface area (Å²) in [5.74, 6) is 10.6. The van der Waals surface area contributed by atoms with E-state index in [2.05, 4.69) is 133 Å². The Labute approximate surface area is 464 Å². The first-order chi connectivity index (χ1) is 31.2. The fourth-order valence-electron chi connectivity index (χ4n) is 13.1. The van der Waals surface area contributed by atoms with Crippen LogP contribution >= 0.6 is 0 Å². The molecule has 0 radical (unpaired) electrons. The van der Waals surface area contributed by atoms with Gasteiger partial charge in [0.2, 0.25) is 0 Å². The van der Waals surface area contributed by atoms with Gasteiger partial charge < -0.3 is 14.7 Å². The molecular formula is C69H153N3. The van der Waals surface area contributed by atoms with Crippen molar-refractivity contribution in [3.8, 4) is 0 Å². The maximum atomic E-state index is 2.50. The third-order valence-electron chi connectivity index (χ3n) is 16.4. The van der Waals surface area contributed by atoms with E-state index in [1.807, 2.05) is 0 Å². The molecule has 0 aromatic heterocycles. The van der Waals surface area contributed by atoms with Crippen LogP contribution in [-0.4, -0.2) is 73.6 Å². The molecule has 7 aliphatic rings. The maximum Gasteiger partial charge on any atom is 0.00951 e. The van der Waals surface area contributed by atoms with Gasteiger partial charge in [-0.1, -0.05) is 244 Å². The molecule has 3 saturated heterocycles. The van der Waals surface area contributed by atoms with Crippen molar-refractivity contribution in [1.29, 1.82) is 0 Å². The van der Waals surface area contributed by atoms with Crippen molar-refractivity contribution in [1.82, 2.24) is 14.7 Å². The lowest BCUT2D eigenvalue weighted by Gasteiger charge is -2.20. The zero-order chi connectivity index (χ0) is 49.4. The molecule has 72 heavy (non-hydrogen) atoms. The molecule has 0 bridgehead atoms. The number of hydrogen-bond donors (Lipinski definition) is 0. The number of nitrogens with zero attached hydrogens (tertiary/aromatic N) is 3. The van der Waals surface area contributed by atoms with Gasteiger partial charge in [-0.2, -0.15) is 0 Å². The lowest BCUT2D eigenvalue weighted by atomic mass is 9.96. The topological polar surface area (TPSA) is 9.72 Å². The Kier molecular flexibility index (Phi) is 58.2. The highest BCUT2D eigenvalue weighted by Crippen LogP contribution is 2.32. The molecule has 7 fully saturated rings. The van der Waals surface area contributed by atoms with Crippen LogP contribution in [-0.2, 0) is 0 Å². The Morgan fingerprint density at radius 1 is 0.236 bits per heavy atom. The average Bonchev–Trinajstić information content (AvgIpc) is 4.07. The van der Waals surface area contributed by atoms with Crippen molar-refractivity contribution in [3.63, 3.8) is 0 Å². The van der Waals surface area contributed by atoms with Crippen molar-refractivity contribution in [3.05, 3.63) is 0 Å². The molecule has 4 saturated carbocycles. The number of likely N-dealkylation sites (tertiary alicyclic amines) is 3. The summed E-state index contributed by atoms with van der Waals surface area (Å²) in [4.78, 5) is 7.50. The predicted octanol–water partition coefficient (Wildman–Crippen LogP) is 23.1. The van der Waals surface area contributed by atoms with Crippen LogP contribution in [0.2, 0.25) is 0 Å². The molecule has 0 aromatic rings. The highest BCUT2D eigenvalue weighted by Gasteiger charge is 2.23. The second-order valence-corrected chi connectivity index (χ2v) is 26.8. The van der Waals surface area contributed by atoms with Crippen molar-refractivity contribution in [2.24, 2.45) is 65.1 Å². The van der Waals surface area contributed by atoms with Gasteiger partial charge in [-0.3, -0.25) is 0 Å². The minimum atomic E-state index is 0. The van der Waals surface area contributed by atoms with Gasteiger partial charge in [-0.25, -0.2) is 0 Å². The molecule has 4 aliphatic carbocycles. The largest absolute Gasteiger partial charge is 0.303 e. The van der Waals surface area contributed by atoms with E-state index in [-0.39, 0.29) is 44.6 Å². The summed E-state index contributed by atoms with van der Waals surface area (Å²) in [7, 11) is 6.75. The Morgan fingerprint density at radius 3 is 0.500 bits per heavy atom. The molecule has 3 aliphatic heterocycles. The van der Waals surface area contributed by atoms with Gasteiger partial charge in [-0.15, -0.1) is 0 Å². The fourth-order valence-corrected chi connectivity index (χ4v) is 13.1. The molecule has 3 heterocycles. The van der Waals surface area contributed by atoms with Gasteiger partial charge in [-0.05, 0) is 189 Å². The maximum absolute atomic E-state index is 2.50. The van der Waals surface area contributed by atoms with Gasteiger partial charge in [0, 0.05) is 18.1 Å². The SMILES string of the molecule is C.C.C.C.C.C.CC(C)CC1CCCC1.CC(C)CC1CCCC1.CC(C)CC1CCCC1.CC(C)CC1CCCC1.CC(C)CC1CCCN1C.CC(C)C[C@@H]1CCCN1C.CC(C)C[C@H]1CCCN1C. The zero-order valence-electron chi connectivity index (χ0n) is 49.1. The molecule has 0 aromatic carbocycles. The minimum Gasteiger partial charge on any atom is -0.303 e. The van der Waals surface area contributed by atoms with E-state index in [0.717, 1.165) is 83.2 Å². The summed E-state index contributed by atoms with van der Waals surface area (Å²) in [6.45, 7) is 36.5. The van der Waals surface area contributed by atoms with E-state index < -0.39 is 0 Å². The van der Waals surface area contributed by atoms with Crippen molar-refractivity contribution < 1.29 is 0 Å². The smallest absolute Gasteiger partial charge is 0.00951 e. The molecule has 7 rings (SSSR count). The van der Waals surface area contributed by atoms with Crippen LogP contribution in [0, 0.1) is 65.1 Å². The minimum absolute atomic E-state index is 0. The van der Waals surface area contributed by atoms with Crippen LogP contribution in [0.4, 0.5) is 0 Å². The van der Waals surface area contributed by atoms with Crippen molar-refractivity contribution in [2.75, 3.05) is 40.8 Å². The van der Waals surface area contributed by atoms with E-state index >= 15 is 0 Å². The first-order valence-electron chi connectivity index (χ1n) is 30.4. The summed E-state index contributed by atoms with van der Waals surface area (Å²) >= 11 is 0. The van der Waals surface area contributed by atoms with Crippen LogP contribution in [0.5, 0.6) is 0 Å². The molecule has 0 amide bonds. The van der Waals surface area contributed by atoms with Crippen LogP contribution in [0.25, 0.3) is 0 Å². The molecule has 3 heteroatoms. The quantitative estimate of drug-likeness (QED) is 0.172. The lowest BCUT2D eigenvalue weighted by Crippen LogP contribution is -2.25. The molecule has 444 valence electrons. The van der Waals surface area contributed by atoms with E-state index in [9.17, 15) is 0 Å². The van der Waals surface area contributed by atoms with E-state index in [1.54, 1.807) is 0 Å². The summed E-state index contributed by atoms with van der Waals surface area (Å²) in [6, 6.07) is 2.67. The second-order valence-electron chi connectivity index (χ2n) is 26.8. The molecule has 3 atom stereocenters. The van der Waals surface area contributed by atoms with E-state index in [4.69, 9.17) is 0 Å². The summed E-state index contributed by atoms with van der Waals surface area (Å²) in [5, 5.41) is 0. The zero-order valence-corrected chi connectivity index (χ0v) is 49.1. The van der Waals surface area contributed by atoms with Crippen LogP contribution in [0.1, 0.15) is 328 Å². The highest BCUT2D eigenvalue weighted by atomic mass is 15.2. The van der Waals surface area contributed by atoms with E-state index in [0.29, 0.717) is 0 Å². The standard InChI is InChI=1S/3C9H19N.4C9H18.6CH4/c3*1-8(2)7-9-5-4-6-10(9)3;4*1-8(2)7-9-5-3-4-6-9;;;;;;/h3*8-9H,4-7H2,1-3H3;4*8-9H,3-7H2,1-2H3;6*1H4/t2*9-;;;;;;;;;;;/m10.........../s1. The van der Waals surface area contributed by atoms with Crippen LogP contribution in [0.3, 0.4) is 0 Å². The van der Waals surface area contributed by atoms with Gasteiger partial charge in [0.25, 0.3) is 0 Å². The van der Waals surface area contributed by atoms with Gasteiger partial charge >= 0.3 is 0 Å². The lowest BCUT2D eigenvalue weighted by molar-refractivity contribution is 0.272. The van der Waals surface area contributed by atoms with Crippen LogP contribution in [0.15, 0.2) is 0 Å². The first kappa shape index (κ1) is 83.2. The normalized spacial score (nSPS) is 22.6. The Balaban J connectivity index is -0.000000174. The Bertz CT molecular complexity index is 888. The summed E-state index contributed by atoms with van der Waals surface area (Å²) in [6.07, 6.45) is 42.6. The summed E-state index contributed by atoms with van der Waals surface area (Å²) < 4.78 is 0. The first-order valence-corrected chi connectivity index (χ1v) is 30.4. The number of hydrogen-bond acceptors (Lipinski definition) is 3. The third-order valence-corrected chi connectivity index (χ3v) is 16.4. The molecule has 0 spiro atoms. The average molecular weight is 1030 g/mol. The highest BCUT2D eigenvalue weighted by molar-refractivity contribution is 4.79. The van der Waals surface area contributed by atoms with Crippen LogP contribution < -0.4 is 0 Å². The second kappa shape index (κ2) is 50.4.